The fourth-order valence-electron chi connectivity index (χ4n) is 2.20. The minimum atomic E-state index is -0.408. The third-order valence-corrected chi connectivity index (χ3v) is 5.46. The third-order valence-electron chi connectivity index (χ3n) is 3.26. The number of carbonyl (C=O) groups excluding carboxylic acids is 1. The molecule has 2 atom stereocenters. The van der Waals surface area contributed by atoms with Gasteiger partial charge in [-0.3, -0.25) is 5.32 Å². The van der Waals surface area contributed by atoms with Gasteiger partial charge in [-0.05, 0) is 48.7 Å². The minimum Gasteiger partial charge on any atom is -0.465 e. The summed E-state index contributed by atoms with van der Waals surface area (Å²) in [5.41, 5.74) is 0. The van der Waals surface area contributed by atoms with Crippen LogP contribution in [0.1, 0.15) is 35.6 Å². The van der Waals surface area contributed by atoms with Gasteiger partial charge in [-0.25, -0.2) is 4.79 Å². The molecule has 0 bridgehead atoms. The number of thiophene rings is 1. The normalized spacial score (nSPS) is 20.1. The van der Waals surface area contributed by atoms with E-state index < -0.39 is 6.04 Å². The van der Waals surface area contributed by atoms with Crippen molar-refractivity contribution < 1.29 is 14.3 Å². The van der Waals surface area contributed by atoms with Gasteiger partial charge in [-0.15, -0.1) is 11.3 Å². The van der Waals surface area contributed by atoms with Crippen LogP contribution in [0.5, 0.6) is 0 Å². The lowest BCUT2D eigenvalue weighted by molar-refractivity contribution is -0.145. The van der Waals surface area contributed by atoms with Gasteiger partial charge >= 0.3 is 5.97 Å². The molecule has 20 heavy (non-hydrogen) atoms. The Balaban J connectivity index is 2.05. The average Bonchev–Trinajstić information content (AvgIpc) is 3.02. The molecule has 1 saturated heterocycles. The predicted octanol–water partition coefficient (Wildman–Crippen LogP) is 3.19. The molecule has 2 heterocycles. The zero-order valence-electron chi connectivity index (χ0n) is 11.8. The predicted molar refractivity (Wildman–Crippen MR) is 83.1 cm³/mol. The molecule has 1 fully saturated rings. The van der Waals surface area contributed by atoms with Gasteiger partial charge in [0.05, 0.1) is 12.7 Å². The molecule has 0 spiro atoms. The van der Waals surface area contributed by atoms with Gasteiger partial charge in [-0.2, -0.15) is 0 Å². The minimum absolute atomic E-state index is 0.205. The first-order valence-electron chi connectivity index (χ1n) is 6.89. The number of aryl methyl sites for hydroxylation is 1. The van der Waals surface area contributed by atoms with Crippen LogP contribution >= 0.6 is 27.3 Å². The fraction of sp³-hybridized carbons (Fsp3) is 0.643. The molecule has 0 radical (unpaired) electrons. The molecule has 112 valence electrons. The van der Waals surface area contributed by atoms with Crippen LogP contribution in [0.25, 0.3) is 0 Å². The molecular weight excluding hydrogens is 342 g/mol. The summed E-state index contributed by atoms with van der Waals surface area (Å²) in [4.78, 5) is 14.3. The van der Waals surface area contributed by atoms with E-state index in [4.69, 9.17) is 9.47 Å². The number of rotatable bonds is 6. The first-order chi connectivity index (χ1) is 9.61. The number of esters is 1. The van der Waals surface area contributed by atoms with Gasteiger partial charge < -0.3 is 9.47 Å². The van der Waals surface area contributed by atoms with Crippen molar-refractivity contribution in [3.8, 4) is 0 Å². The van der Waals surface area contributed by atoms with Crippen LogP contribution in [0.15, 0.2) is 10.5 Å². The van der Waals surface area contributed by atoms with Crippen LogP contribution in [-0.4, -0.2) is 31.8 Å². The quantitative estimate of drug-likeness (QED) is 0.790. The maximum atomic E-state index is 12.1. The SMILES string of the molecule is CCOC(=O)C(NCC1CCCO1)c1cc(Br)c(C)s1. The Labute approximate surface area is 132 Å². The summed E-state index contributed by atoms with van der Waals surface area (Å²) in [7, 11) is 0. The van der Waals surface area contributed by atoms with Crippen molar-refractivity contribution in [3.05, 3.63) is 20.3 Å². The first kappa shape index (κ1) is 15.9. The molecule has 0 aromatic carbocycles. The highest BCUT2D eigenvalue weighted by Gasteiger charge is 2.26. The Kier molecular flexibility index (Phi) is 6.01. The molecule has 1 aromatic heterocycles. The van der Waals surface area contributed by atoms with E-state index in [1.54, 1.807) is 11.3 Å². The van der Waals surface area contributed by atoms with Crippen molar-refractivity contribution in [1.82, 2.24) is 5.32 Å². The summed E-state index contributed by atoms with van der Waals surface area (Å²) in [5, 5.41) is 3.29. The Morgan fingerprint density at radius 1 is 1.70 bits per heavy atom. The Bertz CT molecular complexity index is 438. The zero-order valence-corrected chi connectivity index (χ0v) is 14.2. The molecule has 4 nitrogen and oxygen atoms in total. The standard InChI is InChI=1S/C14H20BrNO3S/c1-3-18-14(17)13(12-7-11(15)9(2)20-12)16-8-10-5-4-6-19-10/h7,10,13,16H,3-6,8H2,1-2H3. The highest BCUT2D eigenvalue weighted by atomic mass is 79.9. The van der Waals surface area contributed by atoms with Crippen molar-refractivity contribution in [2.75, 3.05) is 19.8 Å². The van der Waals surface area contributed by atoms with Crippen LogP contribution in [0.2, 0.25) is 0 Å². The Hall–Kier alpha value is -0.430. The number of ether oxygens (including phenoxy) is 2. The largest absolute Gasteiger partial charge is 0.465 e. The molecule has 0 saturated carbocycles. The molecule has 2 rings (SSSR count). The number of nitrogens with one attached hydrogen (secondary N) is 1. The lowest BCUT2D eigenvalue weighted by Crippen LogP contribution is -2.35. The number of halogens is 1. The molecule has 1 N–H and O–H groups in total. The van der Waals surface area contributed by atoms with E-state index in [1.807, 2.05) is 19.9 Å². The van der Waals surface area contributed by atoms with Crippen LogP contribution in [0.4, 0.5) is 0 Å². The second-order valence-electron chi connectivity index (χ2n) is 4.78. The van der Waals surface area contributed by atoms with Gasteiger partial charge in [-0.1, -0.05) is 0 Å². The molecule has 0 aliphatic carbocycles. The van der Waals surface area contributed by atoms with Crippen LogP contribution in [0.3, 0.4) is 0 Å². The summed E-state index contributed by atoms with van der Waals surface area (Å²) < 4.78 is 11.8. The Morgan fingerprint density at radius 3 is 3.05 bits per heavy atom. The fourth-order valence-corrected chi connectivity index (χ4v) is 3.83. The van der Waals surface area contributed by atoms with E-state index in [2.05, 4.69) is 21.2 Å². The van der Waals surface area contributed by atoms with Gasteiger partial charge in [0, 0.05) is 27.4 Å². The molecule has 1 aliphatic rings. The van der Waals surface area contributed by atoms with Crippen molar-refractivity contribution in [1.29, 1.82) is 0 Å². The summed E-state index contributed by atoms with van der Waals surface area (Å²) in [5.74, 6) is -0.223. The van der Waals surface area contributed by atoms with E-state index >= 15 is 0 Å². The van der Waals surface area contributed by atoms with Gasteiger partial charge in [0.25, 0.3) is 0 Å². The number of carbonyl (C=O) groups is 1. The van der Waals surface area contributed by atoms with Crippen LogP contribution in [0, 0.1) is 6.92 Å². The molecular formula is C14H20BrNO3S. The lowest BCUT2D eigenvalue weighted by Gasteiger charge is -2.18. The summed E-state index contributed by atoms with van der Waals surface area (Å²) in [6.45, 7) is 5.74. The highest BCUT2D eigenvalue weighted by molar-refractivity contribution is 9.10. The first-order valence-corrected chi connectivity index (χ1v) is 8.50. The average molecular weight is 362 g/mol. The second-order valence-corrected chi connectivity index (χ2v) is 6.92. The molecule has 6 heteroatoms. The Morgan fingerprint density at radius 2 is 2.50 bits per heavy atom. The van der Waals surface area contributed by atoms with E-state index in [-0.39, 0.29) is 12.1 Å². The smallest absolute Gasteiger partial charge is 0.328 e. The van der Waals surface area contributed by atoms with E-state index in [0.29, 0.717) is 13.2 Å². The number of hydrogen-bond donors (Lipinski definition) is 1. The van der Waals surface area contributed by atoms with Crippen LogP contribution < -0.4 is 5.32 Å². The highest BCUT2D eigenvalue weighted by Crippen LogP contribution is 2.31. The second kappa shape index (κ2) is 7.54. The molecule has 1 aliphatic heterocycles. The number of hydrogen-bond acceptors (Lipinski definition) is 5. The molecule has 0 amide bonds. The topological polar surface area (TPSA) is 47.6 Å². The van der Waals surface area contributed by atoms with Crippen molar-refractivity contribution in [3.63, 3.8) is 0 Å². The van der Waals surface area contributed by atoms with Gasteiger partial charge in [0.1, 0.15) is 6.04 Å². The van der Waals surface area contributed by atoms with Crippen molar-refractivity contribution in [2.24, 2.45) is 0 Å². The summed E-state index contributed by atoms with van der Waals surface area (Å²) >= 11 is 5.10. The van der Waals surface area contributed by atoms with E-state index in [9.17, 15) is 4.79 Å². The van der Waals surface area contributed by atoms with E-state index in [0.717, 1.165) is 33.7 Å². The van der Waals surface area contributed by atoms with Crippen molar-refractivity contribution >= 4 is 33.2 Å². The maximum absolute atomic E-state index is 12.1. The van der Waals surface area contributed by atoms with Crippen molar-refractivity contribution in [2.45, 2.75) is 38.8 Å². The van der Waals surface area contributed by atoms with E-state index in [1.165, 1.54) is 0 Å². The summed E-state index contributed by atoms with van der Waals surface area (Å²) in [6.07, 6.45) is 2.35. The lowest BCUT2D eigenvalue weighted by atomic mass is 10.2. The zero-order chi connectivity index (χ0) is 14.5. The maximum Gasteiger partial charge on any atom is 0.328 e. The van der Waals surface area contributed by atoms with Gasteiger partial charge in [0.2, 0.25) is 0 Å². The summed E-state index contributed by atoms with van der Waals surface area (Å²) in [6, 6.07) is 1.58. The molecule has 1 aromatic rings. The molecule has 2 unspecified atom stereocenters. The monoisotopic (exact) mass is 361 g/mol. The van der Waals surface area contributed by atoms with Gasteiger partial charge in [0.15, 0.2) is 0 Å². The third kappa shape index (κ3) is 4.04. The van der Waals surface area contributed by atoms with Crippen LogP contribution in [-0.2, 0) is 14.3 Å².